The van der Waals surface area contributed by atoms with Gasteiger partial charge < -0.3 is 4.90 Å². The number of thiophene rings is 1. The van der Waals surface area contributed by atoms with Crippen LogP contribution in [-0.2, 0) is 9.84 Å². The van der Waals surface area contributed by atoms with Gasteiger partial charge in [0.15, 0.2) is 9.84 Å². The molecular weight excluding hydrogens is 416 g/mol. The highest BCUT2D eigenvalue weighted by Crippen LogP contribution is 2.32. The van der Waals surface area contributed by atoms with E-state index in [0.717, 1.165) is 42.9 Å². The maximum atomic E-state index is 13.2. The van der Waals surface area contributed by atoms with Crippen molar-refractivity contribution in [2.75, 3.05) is 25.4 Å². The first kappa shape index (κ1) is 21.5. The Morgan fingerprint density at radius 3 is 2.47 bits per heavy atom. The molecule has 0 saturated carbocycles. The van der Waals surface area contributed by atoms with E-state index in [1.807, 2.05) is 30.3 Å². The Morgan fingerprint density at radius 2 is 1.80 bits per heavy atom. The Kier molecular flexibility index (Phi) is 6.32. The van der Waals surface area contributed by atoms with Crippen molar-refractivity contribution < 1.29 is 13.2 Å². The Hall–Kier alpha value is -1.70. The summed E-state index contributed by atoms with van der Waals surface area (Å²) in [6, 6.07) is 12.0. The molecule has 2 atom stereocenters. The molecule has 1 aromatic carbocycles. The van der Waals surface area contributed by atoms with Crippen molar-refractivity contribution in [3.8, 4) is 10.4 Å². The highest BCUT2D eigenvalue weighted by molar-refractivity contribution is 7.93. The Labute approximate surface area is 183 Å². The number of benzene rings is 1. The zero-order valence-electron chi connectivity index (χ0n) is 17.7. The van der Waals surface area contributed by atoms with Crippen LogP contribution in [0.5, 0.6) is 0 Å². The largest absolute Gasteiger partial charge is 0.334 e. The molecule has 2 unspecified atom stereocenters. The second-order valence-electron chi connectivity index (χ2n) is 8.38. The second kappa shape index (κ2) is 8.81. The molecule has 5 nitrogen and oxygen atoms in total. The van der Waals surface area contributed by atoms with Gasteiger partial charge in [-0.15, -0.1) is 11.3 Å². The lowest BCUT2D eigenvalue weighted by Crippen LogP contribution is -2.44. The van der Waals surface area contributed by atoms with Crippen LogP contribution < -0.4 is 0 Å². The first-order valence-corrected chi connectivity index (χ1v) is 13.3. The third-order valence-corrected chi connectivity index (χ3v) is 9.91. The van der Waals surface area contributed by atoms with Crippen LogP contribution in [0.15, 0.2) is 40.6 Å². The maximum Gasteiger partial charge on any atom is 0.254 e. The lowest BCUT2D eigenvalue weighted by Gasteiger charge is -2.30. The monoisotopic (exact) mass is 446 g/mol. The van der Waals surface area contributed by atoms with Crippen LogP contribution in [0.1, 0.15) is 49.9 Å². The number of carbonyl (C=O) groups excluding carboxylic acids is 1. The van der Waals surface area contributed by atoms with Crippen LogP contribution in [0.4, 0.5) is 0 Å². The Bertz CT molecular complexity index is 998. The standard InChI is InChI=1S/C23H30N2O3S2/c1-3-30(27,28)22-13-12-21(29-22)18-8-10-19(11-9-18)23(26)25-15-5-7-20(25)16-24-14-4-6-17(24)2/h8-13,17,20H,3-7,14-16H2,1-2H3. The van der Waals surface area contributed by atoms with Gasteiger partial charge in [0.2, 0.25) is 0 Å². The van der Waals surface area contributed by atoms with Gasteiger partial charge in [-0.25, -0.2) is 8.42 Å². The summed E-state index contributed by atoms with van der Waals surface area (Å²) in [5, 5.41) is 0. The molecule has 2 aromatic rings. The van der Waals surface area contributed by atoms with Gasteiger partial charge >= 0.3 is 0 Å². The van der Waals surface area contributed by atoms with Crippen molar-refractivity contribution in [2.45, 2.75) is 55.8 Å². The Balaban J connectivity index is 1.46. The molecule has 0 aliphatic carbocycles. The van der Waals surface area contributed by atoms with Gasteiger partial charge in [0.25, 0.3) is 5.91 Å². The zero-order valence-corrected chi connectivity index (χ0v) is 19.3. The van der Waals surface area contributed by atoms with Crippen molar-refractivity contribution in [3.05, 3.63) is 42.0 Å². The number of carbonyl (C=O) groups is 1. The number of sulfone groups is 1. The van der Waals surface area contributed by atoms with Crippen LogP contribution >= 0.6 is 11.3 Å². The van der Waals surface area contributed by atoms with E-state index < -0.39 is 9.84 Å². The summed E-state index contributed by atoms with van der Waals surface area (Å²) in [5.74, 6) is 0.212. The molecule has 4 rings (SSSR count). The summed E-state index contributed by atoms with van der Waals surface area (Å²) >= 11 is 1.29. The van der Waals surface area contributed by atoms with E-state index >= 15 is 0 Å². The second-order valence-corrected chi connectivity index (χ2v) is 12.0. The van der Waals surface area contributed by atoms with Crippen LogP contribution in [0.3, 0.4) is 0 Å². The quantitative estimate of drug-likeness (QED) is 0.664. The fraction of sp³-hybridized carbons (Fsp3) is 0.522. The molecule has 0 radical (unpaired) electrons. The van der Waals surface area contributed by atoms with E-state index in [2.05, 4.69) is 16.7 Å². The average molecular weight is 447 g/mol. The van der Waals surface area contributed by atoms with Gasteiger partial charge in [-0.05, 0) is 69.0 Å². The molecule has 1 aromatic heterocycles. The molecule has 2 saturated heterocycles. The summed E-state index contributed by atoms with van der Waals surface area (Å²) in [5.41, 5.74) is 1.65. The number of hydrogen-bond donors (Lipinski definition) is 0. The predicted molar refractivity (Wildman–Crippen MR) is 122 cm³/mol. The maximum absolute atomic E-state index is 13.2. The lowest BCUT2D eigenvalue weighted by atomic mass is 10.1. The molecule has 2 fully saturated rings. The first-order valence-electron chi connectivity index (χ1n) is 10.9. The highest BCUT2D eigenvalue weighted by Gasteiger charge is 2.33. The molecule has 0 N–H and O–H groups in total. The van der Waals surface area contributed by atoms with Crippen LogP contribution in [0.25, 0.3) is 10.4 Å². The van der Waals surface area contributed by atoms with Crippen molar-refractivity contribution in [1.29, 1.82) is 0 Å². The third kappa shape index (κ3) is 4.34. The molecule has 30 heavy (non-hydrogen) atoms. The van der Waals surface area contributed by atoms with Gasteiger partial charge in [0, 0.05) is 35.6 Å². The smallest absolute Gasteiger partial charge is 0.254 e. The molecular formula is C23H30N2O3S2. The summed E-state index contributed by atoms with van der Waals surface area (Å²) in [6.07, 6.45) is 4.66. The van der Waals surface area contributed by atoms with Crippen LogP contribution in [0, 0.1) is 0 Å². The summed E-state index contributed by atoms with van der Waals surface area (Å²) < 4.78 is 24.5. The van der Waals surface area contributed by atoms with E-state index in [4.69, 9.17) is 0 Å². The summed E-state index contributed by atoms with van der Waals surface area (Å²) in [6.45, 7) is 6.90. The fourth-order valence-corrected chi connectivity index (χ4v) is 6.99. The molecule has 7 heteroatoms. The third-order valence-electron chi connectivity index (χ3n) is 6.46. The predicted octanol–water partition coefficient (Wildman–Crippen LogP) is 4.30. The van der Waals surface area contributed by atoms with Crippen LogP contribution in [-0.4, -0.2) is 61.6 Å². The minimum atomic E-state index is -3.18. The minimum absolute atomic E-state index is 0.105. The number of hydrogen-bond acceptors (Lipinski definition) is 5. The molecule has 2 aliphatic heterocycles. The number of likely N-dealkylation sites (tertiary alicyclic amines) is 2. The van der Waals surface area contributed by atoms with E-state index in [0.29, 0.717) is 21.9 Å². The number of amides is 1. The van der Waals surface area contributed by atoms with E-state index in [1.165, 1.54) is 24.2 Å². The molecule has 162 valence electrons. The molecule has 0 spiro atoms. The fourth-order valence-electron chi connectivity index (χ4n) is 4.56. The van der Waals surface area contributed by atoms with Gasteiger partial charge in [-0.1, -0.05) is 19.1 Å². The number of nitrogens with zero attached hydrogens (tertiary/aromatic N) is 2. The van der Waals surface area contributed by atoms with Gasteiger partial charge in [0.05, 0.1) is 5.75 Å². The minimum Gasteiger partial charge on any atom is -0.334 e. The summed E-state index contributed by atoms with van der Waals surface area (Å²) in [7, 11) is -3.18. The highest BCUT2D eigenvalue weighted by atomic mass is 32.2. The van der Waals surface area contributed by atoms with Gasteiger partial charge in [-0.3, -0.25) is 9.69 Å². The lowest BCUT2D eigenvalue weighted by molar-refractivity contribution is 0.0696. The summed E-state index contributed by atoms with van der Waals surface area (Å²) in [4.78, 5) is 18.6. The van der Waals surface area contributed by atoms with Crippen LogP contribution in [0.2, 0.25) is 0 Å². The molecule has 0 bridgehead atoms. The van der Waals surface area contributed by atoms with E-state index in [9.17, 15) is 13.2 Å². The Morgan fingerprint density at radius 1 is 1.07 bits per heavy atom. The SMILES string of the molecule is CCS(=O)(=O)c1ccc(-c2ccc(C(=O)N3CCCC3CN3CCCC3C)cc2)s1. The van der Waals surface area contributed by atoms with Crippen molar-refractivity contribution in [1.82, 2.24) is 9.80 Å². The van der Waals surface area contributed by atoms with Gasteiger partial charge in [0.1, 0.15) is 4.21 Å². The topological polar surface area (TPSA) is 57.7 Å². The zero-order chi connectivity index (χ0) is 21.3. The van der Waals surface area contributed by atoms with E-state index in [1.54, 1.807) is 13.0 Å². The van der Waals surface area contributed by atoms with E-state index in [-0.39, 0.29) is 11.7 Å². The van der Waals surface area contributed by atoms with Crippen molar-refractivity contribution in [3.63, 3.8) is 0 Å². The molecule has 2 aliphatic rings. The average Bonchev–Trinajstić information content (AvgIpc) is 3.50. The number of rotatable bonds is 6. The first-order chi connectivity index (χ1) is 14.4. The van der Waals surface area contributed by atoms with Crippen molar-refractivity contribution >= 4 is 27.1 Å². The van der Waals surface area contributed by atoms with Gasteiger partial charge in [-0.2, -0.15) is 0 Å². The van der Waals surface area contributed by atoms with Crippen molar-refractivity contribution in [2.24, 2.45) is 0 Å². The molecule has 3 heterocycles. The normalized spacial score (nSPS) is 22.7. The molecule has 1 amide bonds.